The van der Waals surface area contributed by atoms with E-state index < -0.39 is 0 Å². The number of nitrogen functional groups attached to an aromatic ring is 1. The number of benzene rings is 1. The van der Waals surface area contributed by atoms with Crippen LogP contribution in [0, 0.1) is 0 Å². The summed E-state index contributed by atoms with van der Waals surface area (Å²) in [5.74, 6) is 0.871. The summed E-state index contributed by atoms with van der Waals surface area (Å²) in [6, 6.07) is 5.09. The molecule has 0 radical (unpaired) electrons. The second-order valence-electron chi connectivity index (χ2n) is 4.81. The molecule has 0 saturated heterocycles. The molecule has 5 heteroatoms. The Kier molecular flexibility index (Phi) is 5.40. The molecule has 0 aromatic heterocycles. The first-order valence-corrected chi connectivity index (χ1v) is 8.04. The fourth-order valence-corrected chi connectivity index (χ4v) is 3.70. The summed E-state index contributed by atoms with van der Waals surface area (Å²) in [5, 5.41) is 4.14. The first-order valence-electron chi connectivity index (χ1n) is 6.61. The number of nitrogens with one attached hydrogen (secondary N) is 1. The van der Waals surface area contributed by atoms with Gasteiger partial charge < -0.3 is 11.1 Å². The highest BCUT2D eigenvalue weighted by molar-refractivity contribution is 7.99. The molecule has 3 nitrogen and oxygen atoms in total. The summed E-state index contributed by atoms with van der Waals surface area (Å²) in [6.45, 7) is 0. The molecule has 3 N–H and O–H groups in total. The smallest absolute Gasteiger partial charge is 0.225 e. The molecule has 0 heterocycles. The third kappa shape index (κ3) is 4.62. The van der Waals surface area contributed by atoms with Crippen molar-refractivity contribution >= 4 is 40.6 Å². The van der Waals surface area contributed by atoms with E-state index in [1.165, 1.54) is 25.7 Å². The first kappa shape index (κ1) is 14.5. The van der Waals surface area contributed by atoms with Crippen LogP contribution in [0.25, 0.3) is 0 Å². The number of anilines is 2. The fourth-order valence-electron chi connectivity index (χ4n) is 2.22. The molecule has 1 fully saturated rings. The number of hydrogen-bond donors (Lipinski definition) is 2. The molecule has 0 unspecified atom stereocenters. The van der Waals surface area contributed by atoms with Gasteiger partial charge in [-0.3, -0.25) is 4.79 Å². The highest BCUT2D eigenvalue weighted by Gasteiger charge is 2.15. The number of amides is 1. The molecule has 0 spiro atoms. The van der Waals surface area contributed by atoms with E-state index in [4.69, 9.17) is 17.3 Å². The highest BCUT2D eigenvalue weighted by Crippen LogP contribution is 2.30. The Bertz CT molecular complexity index is 447. The third-order valence-electron chi connectivity index (χ3n) is 3.27. The van der Waals surface area contributed by atoms with Crippen molar-refractivity contribution < 1.29 is 4.79 Å². The third-order valence-corrected chi connectivity index (χ3v) is 4.89. The van der Waals surface area contributed by atoms with Crippen molar-refractivity contribution in [3.8, 4) is 0 Å². The van der Waals surface area contributed by atoms with E-state index in [2.05, 4.69) is 5.32 Å². The summed E-state index contributed by atoms with van der Waals surface area (Å²) < 4.78 is 0. The molecule has 1 aliphatic rings. The van der Waals surface area contributed by atoms with Crippen molar-refractivity contribution in [2.75, 3.05) is 16.8 Å². The Morgan fingerprint density at radius 3 is 2.89 bits per heavy atom. The molecule has 1 amide bonds. The lowest BCUT2D eigenvalue weighted by atomic mass is 10.2. The number of nitrogens with two attached hydrogens (primary N) is 1. The number of thioether (sulfide) groups is 1. The van der Waals surface area contributed by atoms with E-state index in [9.17, 15) is 4.79 Å². The molecule has 1 saturated carbocycles. The number of carbonyl (C=O) groups excluding carboxylic acids is 1. The number of rotatable bonds is 5. The zero-order chi connectivity index (χ0) is 13.7. The number of halogens is 1. The fraction of sp³-hybridized carbons (Fsp3) is 0.500. The van der Waals surface area contributed by atoms with Crippen molar-refractivity contribution in [2.24, 2.45) is 0 Å². The van der Waals surface area contributed by atoms with Gasteiger partial charge in [-0.2, -0.15) is 11.8 Å². The molecule has 0 bridgehead atoms. The van der Waals surface area contributed by atoms with Gasteiger partial charge in [-0.1, -0.05) is 24.4 Å². The number of carbonyl (C=O) groups is 1. The van der Waals surface area contributed by atoms with E-state index in [0.29, 0.717) is 22.8 Å². The van der Waals surface area contributed by atoms with Gasteiger partial charge in [-0.05, 0) is 31.0 Å². The Labute approximate surface area is 123 Å². The van der Waals surface area contributed by atoms with Gasteiger partial charge in [0.15, 0.2) is 0 Å². The molecule has 2 rings (SSSR count). The Hall–Kier alpha value is -0.870. The van der Waals surface area contributed by atoms with Crippen LogP contribution in [0.4, 0.5) is 11.4 Å². The van der Waals surface area contributed by atoms with Crippen molar-refractivity contribution in [3.63, 3.8) is 0 Å². The second kappa shape index (κ2) is 7.06. The van der Waals surface area contributed by atoms with Crippen LogP contribution >= 0.6 is 23.4 Å². The molecule has 0 atom stereocenters. The Balaban J connectivity index is 1.75. The lowest BCUT2D eigenvalue weighted by Crippen LogP contribution is -2.14. The molecule has 1 aromatic rings. The first-order chi connectivity index (χ1) is 9.15. The molecule has 0 aliphatic heterocycles. The number of hydrogen-bond acceptors (Lipinski definition) is 3. The quantitative estimate of drug-likeness (QED) is 0.810. The monoisotopic (exact) mass is 298 g/mol. The lowest BCUT2D eigenvalue weighted by Gasteiger charge is -2.10. The predicted octanol–water partition coefficient (Wildman–Crippen LogP) is 3.93. The molecular weight excluding hydrogens is 280 g/mol. The van der Waals surface area contributed by atoms with Crippen LogP contribution in [0.2, 0.25) is 5.02 Å². The minimum atomic E-state index is -0.000497. The summed E-state index contributed by atoms with van der Waals surface area (Å²) in [5.41, 5.74) is 6.93. The standard InChI is InChI=1S/C14H19ClN2OS/c15-10-5-6-12(16)13(9-10)17-14(18)7-8-19-11-3-1-2-4-11/h5-6,9,11H,1-4,7-8,16H2,(H,17,18). The van der Waals surface area contributed by atoms with E-state index in [0.717, 1.165) is 11.0 Å². The minimum Gasteiger partial charge on any atom is -0.397 e. The maximum atomic E-state index is 11.8. The Morgan fingerprint density at radius 1 is 1.42 bits per heavy atom. The largest absolute Gasteiger partial charge is 0.397 e. The average molecular weight is 299 g/mol. The maximum Gasteiger partial charge on any atom is 0.225 e. The van der Waals surface area contributed by atoms with Gasteiger partial charge in [0.05, 0.1) is 11.4 Å². The maximum absolute atomic E-state index is 11.8. The van der Waals surface area contributed by atoms with Gasteiger partial charge in [0.2, 0.25) is 5.91 Å². The van der Waals surface area contributed by atoms with Crippen molar-refractivity contribution in [3.05, 3.63) is 23.2 Å². The summed E-state index contributed by atoms with van der Waals surface area (Å²) in [6.07, 6.45) is 5.79. The van der Waals surface area contributed by atoms with E-state index in [1.807, 2.05) is 11.8 Å². The van der Waals surface area contributed by atoms with E-state index >= 15 is 0 Å². The molecule has 1 aromatic carbocycles. The van der Waals surface area contributed by atoms with Crippen LogP contribution in [-0.2, 0) is 4.79 Å². The summed E-state index contributed by atoms with van der Waals surface area (Å²) in [7, 11) is 0. The average Bonchev–Trinajstić information content (AvgIpc) is 2.87. The van der Waals surface area contributed by atoms with Crippen LogP contribution in [0.5, 0.6) is 0 Å². The van der Waals surface area contributed by atoms with Crippen LogP contribution in [0.3, 0.4) is 0 Å². The SMILES string of the molecule is Nc1ccc(Cl)cc1NC(=O)CCSC1CCCC1. The topological polar surface area (TPSA) is 55.1 Å². The van der Waals surface area contributed by atoms with Gasteiger partial charge in [-0.15, -0.1) is 0 Å². The molecule has 104 valence electrons. The minimum absolute atomic E-state index is 0.000497. The van der Waals surface area contributed by atoms with Gasteiger partial charge in [-0.25, -0.2) is 0 Å². The summed E-state index contributed by atoms with van der Waals surface area (Å²) in [4.78, 5) is 11.8. The van der Waals surface area contributed by atoms with Crippen LogP contribution in [-0.4, -0.2) is 16.9 Å². The van der Waals surface area contributed by atoms with Crippen LogP contribution in [0.15, 0.2) is 18.2 Å². The van der Waals surface area contributed by atoms with Crippen molar-refractivity contribution in [2.45, 2.75) is 37.4 Å². The van der Waals surface area contributed by atoms with Gasteiger partial charge >= 0.3 is 0 Å². The van der Waals surface area contributed by atoms with Gasteiger partial charge in [0.25, 0.3) is 0 Å². The van der Waals surface area contributed by atoms with E-state index in [-0.39, 0.29) is 5.91 Å². The highest BCUT2D eigenvalue weighted by atomic mass is 35.5. The molecule has 19 heavy (non-hydrogen) atoms. The zero-order valence-electron chi connectivity index (χ0n) is 10.8. The normalized spacial score (nSPS) is 15.6. The van der Waals surface area contributed by atoms with Crippen molar-refractivity contribution in [1.82, 2.24) is 0 Å². The molecular formula is C14H19ClN2OS. The van der Waals surface area contributed by atoms with Gasteiger partial charge in [0.1, 0.15) is 0 Å². The van der Waals surface area contributed by atoms with Crippen LogP contribution in [0.1, 0.15) is 32.1 Å². The lowest BCUT2D eigenvalue weighted by molar-refractivity contribution is -0.115. The van der Waals surface area contributed by atoms with Gasteiger partial charge in [0, 0.05) is 22.4 Å². The predicted molar refractivity (Wildman–Crippen MR) is 83.8 cm³/mol. The summed E-state index contributed by atoms with van der Waals surface area (Å²) >= 11 is 7.79. The Morgan fingerprint density at radius 2 is 2.16 bits per heavy atom. The van der Waals surface area contributed by atoms with Crippen LogP contribution < -0.4 is 11.1 Å². The molecule has 1 aliphatic carbocycles. The zero-order valence-corrected chi connectivity index (χ0v) is 12.4. The second-order valence-corrected chi connectivity index (χ2v) is 6.65. The van der Waals surface area contributed by atoms with E-state index in [1.54, 1.807) is 18.2 Å². The van der Waals surface area contributed by atoms with Crippen molar-refractivity contribution in [1.29, 1.82) is 0 Å².